The van der Waals surface area contributed by atoms with Gasteiger partial charge in [0.15, 0.2) is 0 Å². The lowest BCUT2D eigenvalue weighted by Gasteiger charge is -2.14. The molecule has 1 heterocycles. The summed E-state index contributed by atoms with van der Waals surface area (Å²) in [7, 11) is 1.61. The molecule has 0 aliphatic heterocycles. The van der Waals surface area contributed by atoms with Crippen molar-refractivity contribution in [3.63, 3.8) is 0 Å². The van der Waals surface area contributed by atoms with Crippen molar-refractivity contribution in [2.45, 2.75) is 6.04 Å². The van der Waals surface area contributed by atoms with E-state index in [0.29, 0.717) is 16.5 Å². The molecule has 1 aromatic heterocycles. The lowest BCUT2D eigenvalue weighted by molar-refractivity contribution is 0.403. The first kappa shape index (κ1) is 13.0. The van der Waals surface area contributed by atoms with Crippen LogP contribution in [0.15, 0.2) is 53.1 Å². The summed E-state index contributed by atoms with van der Waals surface area (Å²) in [6.07, 6.45) is 1.71. The first-order chi connectivity index (χ1) is 9.70. The van der Waals surface area contributed by atoms with Crippen LogP contribution in [0.1, 0.15) is 17.4 Å². The van der Waals surface area contributed by atoms with Crippen molar-refractivity contribution in [3.05, 3.63) is 65.1 Å². The molecule has 0 fully saturated rings. The van der Waals surface area contributed by atoms with Crippen LogP contribution in [0.25, 0.3) is 10.8 Å². The molecule has 1 unspecified atom stereocenters. The van der Waals surface area contributed by atoms with Crippen LogP contribution in [0.4, 0.5) is 0 Å². The van der Waals surface area contributed by atoms with Crippen LogP contribution in [0.5, 0.6) is 5.75 Å². The molecule has 102 valence electrons. The van der Waals surface area contributed by atoms with Gasteiger partial charge in [0.25, 0.3) is 0 Å². The molecule has 20 heavy (non-hydrogen) atoms. The highest BCUT2D eigenvalue weighted by atomic mass is 35.5. The van der Waals surface area contributed by atoms with E-state index in [2.05, 4.69) is 0 Å². The lowest BCUT2D eigenvalue weighted by Crippen LogP contribution is -2.12. The summed E-state index contributed by atoms with van der Waals surface area (Å²) in [5.41, 5.74) is 7.15. The van der Waals surface area contributed by atoms with Crippen LogP contribution in [-0.4, -0.2) is 7.11 Å². The highest BCUT2D eigenvalue weighted by Gasteiger charge is 2.20. The maximum Gasteiger partial charge on any atom is 0.132 e. The number of hydrogen-bond acceptors (Lipinski definition) is 3. The molecule has 3 nitrogen and oxygen atoms in total. The number of halogens is 1. The zero-order valence-electron chi connectivity index (χ0n) is 11.0. The first-order valence-corrected chi connectivity index (χ1v) is 6.63. The standard InChI is InChI=1S/C16H14ClNO2/c1-19-14-7-6-11(17)8-13(14)15(18)16-12-5-3-2-4-10(12)9-20-16/h2-9,15H,18H2,1H3. The maximum atomic E-state index is 6.34. The largest absolute Gasteiger partial charge is 0.496 e. The lowest BCUT2D eigenvalue weighted by atomic mass is 10.0. The van der Waals surface area contributed by atoms with Gasteiger partial charge < -0.3 is 14.9 Å². The highest BCUT2D eigenvalue weighted by Crippen LogP contribution is 2.34. The van der Waals surface area contributed by atoms with E-state index in [0.717, 1.165) is 16.3 Å². The minimum atomic E-state index is -0.427. The number of rotatable bonds is 3. The van der Waals surface area contributed by atoms with E-state index in [9.17, 15) is 0 Å². The number of furan rings is 1. The number of ether oxygens (including phenoxy) is 1. The second-order valence-corrected chi connectivity index (χ2v) is 4.99. The number of hydrogen-bond donors (Lipinski definition) is 1. The van der Waals surface area contributed by atoms with Crippen molar-refractivity contribution < 1.29 is 9.15 Å². The summed E-state index contributed by atoms with van der Waals surface area (Å²) in [6.45, 7) is 0. The first-order valence-electron chi connectivity index (χ1n) is 6.26. The fourth-order valence-corrected chi connectivity index (χ4v) is 2.53. The van der Waals surface area contributed by atoms with E-state index in [1.165, 1.54) is 0 Å². The normalized spacial score (nSPS) is 12.6. The van der Waals surface area contributed by atoms with Crippen molar-refractivity contribution in [2.75, 3.05) is 7.11 Å². The zero-order chi connectivity index (χ0) is 14.1. The maximum absolute atomic E-state index is 6.34. The molecule has 1 atom stereocenters. The van der Waals surface area contributed by atoms with Crippen LogP contribution < -0.4 is 10.5 Å². The Morgan fingerprint density at radius 3 is 2.80 bits per heavy atom. The Kier molecular flexibility index (Phi) is 3.38. The van der Waals surface area contributed by atoms with Crippen LogP contribution in [-0.2, 0) is 0 Å². The molecular weight excluding hydrogens is 274 g/mol. The summed E-state index contributed by atoms with van der Waals surface area (Å²) in [6, 6.07) is 12.9. The predicted octanol–water partition coefficient (Wildman–Crippen LogP) is 4.14. The molecule has 0 aliphatic carbocycles. The van der Waals surface area contributed by atoms with E-state index in [4.69, 9.17) is 26.5 Å². The molecule has 3 aromatic rings. The van der Waals surface area contributed by atoms with E-state index in [1.54, 1.807) is 19.4 Å². The number of methoxy groups -OCH3 is 1. The van der Waals surface area contributed by atoms with Crippen molar-refractivity contribution >= 4 is 22.4 Å². The molecule has 4 heteroatoms. The second-order valence-electron chi connectivity index (χ2n) is 4.55. The average Bonchev–Trinajstić information content (AvgIpc) is 2.90. The predicted molar refractivity (Wildman–Crippen MR) is 80.2 cm³/mol. The summed E-state index contributed by atoms with van der Waals surface area (Å²) >= 11 is 6.06. The molecule has 0 spiro atoms. The van der Waals surface area contributed by atoms with Crippen molar-refractivity contribution in [1.29, 1.82) is 0 Å². The smallest absolute Gasteiger partial charge is 0.132 e. The number of fused-ring (bicyclic) bond motifs is 1. The van der Waals surface area contributed by atoms with Gasteiger partial charge in [-0.15, -0.1) is 0 Å². The molecule has 2 N–H and O–H groups in total. The fourth-order valence-electron chi connectivity index (χ4n) is 2.34. The quantitative estimate of drug-likeness (QED) is 0.787. The third kappa shape index (κ3) is 2.15. The second kappa shape index (κ2) is 5.19. The Hall–Kier alpha value is -1.97. The minimum Gasteiger partial charge on any atom is -0.496 e. The van der Waals surface area contributed by atoms with Gasteiger partial charge in [0.2, 0.25) is 0 Å². The van der Waals surface area contributed by atoms with Gasteiger partial charge in [-0.05, 0) is 18.2 Å². The zero-order valence-corrected chi connectivity index (χ0v) is 11.7. The summed E-state index contributed by atoms with van der Waals surface area (Å²) in [5.74, 6) is 1.41. The third-order valence-corrected chi connectivity index (χ3v) is 3.58. The molecule has 0 radical (unpaired) electrons. The van der Waals surface area contributed by atoms with E-state index in [-0.39, 0.29) is 0 Å². The van der Waals surface area contributed by atoms with Gasteiger partial charge in [0, 0.05) is 21.4 Å². The number of benzene rings is 2. The van der Waals surface area contributed by atoms with Gasteiger partial charge in [-0.25, -0.2) is 0 Å². The topological polar surface area (TPSA) is 48.4 Å². The Morgan fingerprint density at radius 2 is 2.00 bits per heavy atom. The monoisotopic (exact) mass is 287 g/mol. The van der Waals surface area contributed by atoms with Gasteiger partial charge in [0.05, 0.1) is 19.4 Å². The molecule has 0 bridgehead atoms. The Balaban J connectivity index is 2.13. The number of nitrogens with two attached hydrogens (primary N) is 1. The molecule has 0 saturated carbocycles. The average molecular weight is 288 g/mol. The molecule has 0 aliphatic rings. The van der Waals surface area contributed by atoms with Crippen molar-refractivity contribution in [2.24, 2.45) is 5.73 Å². The Bertz CT molecular complexity index is 751. The van der Waals surface area contributed by atoms with Crippen LogP contribution >= 0.6 is 11.6 Å². The van der Waals surface area contributed by atoms with Crippen LogP contribution in [0.3, 0.4) is 0 Å². The fraction of sp³-hybridized carbons (Fsp3) is 0.125. The minimum absolute atomic E-state index is 0.427. The SMILES string of the molecule is COc1ccc(Cl)cc1C(N)c1occ2ccccc12. The molecule has 3 rings (SSSR count). The van der Waals surface area contributed by atoms with Gasteiger partial charge in [-0.1, -0.05) is 35.9 Å². The molecular formula is C16H14ClNO2. The van der Waals surface area contributed by atoms with E-state index < -0.39 is 6.04 Å². The van der Waals surface area contributed by atoms with Gasteiger partial charge in [-0.3, -0.25) is 0 Å². The van der Waals surface area contributed by atoms with Crippen LogP contribution in [0.2, 0.25) is 5.02 Å². The van der Waals surface area contributed by atoms with E-state index in [1.807, 2.05) is 36.4 Å². The third-order valence-electron chi connectivity index (χ3n) is 3.35. The van der Waals surface area contributed by atoms with Crippen molar-refractivity contribution in [1.82, 2.24) is 0 Å². The van der Waals surface area contributed by atoms with Crippen molar-refractivity contribution in [3.8, 4) is 5.75 Å². The summed E-state index contributed by atoms with van der Waals surface area (Å²) < 4.78 is 11.0. The Morgan fingerprint density at radius 1 is 1.20 bits per heavy atom. The molecule has 0 saturated heterocycles. The summed E-state index contributed by atoms with van der Waals surface area (Å²) in [5, 5.41) is 2.65. The van der Waals surface area contributed by atoms with Gasteiger partial charge in [0.1, 0.15) is 11.5 Å². The molecule has 0 amide bonds. The van der Waals surface area contributed by atoms with E-state index >= 15 is 0 Å². The highest BCUT2D eigenvalue weighted by molar-refractivity contribution is 6.30. The summed E-state index contributed by atoms with van der Waals surface area (Å²) in [4.78, 5) is 0. The van der Waals surface area contributed by atoms with Crippen LogP contribution in [0, 0.1) is 0 Å². The van der Waals surface area contributed by atoms with Gasteiger partial charge in [-0.2, -0.15) is 0 Å². The Labute approximate surface area is 121 Å². The van der Waals surface area contributed by atoms with Gasteiger partial charge >= 0.3 is 0 Å². The molecule has 2 aromatic carbocycles.